The van der Waals surface area contributed by atoms with Crippen LogP contribution in [0.1, 0.15) is 30.0 Å². The lowest BCUT2D eigenvalue weighted by atomic mass is 9.95. The van der Waals surface area contributed by atoms with Crippen LogP contribution in [0, 0.1) is 5.92 Å². The number of benzene rings is 3. The average molecular weight is 414 g/mol. The van der Waals surface area contributed by atoms with Gasteiger partial charge in [-0.05, 0) is 29.0 Å². The molecule has 2 unspecified atom stereocenters. The molecular weight excluding hydrogens is 382 g/mol. The van der Waals surface area contributed by atoms with E-state index in [2.05, 4.69) is 42.7 Å². The van der Waals surface area contributed by atoms with E-state index >= 15 is 0 Å². The van der Waals surface area contributed by atoms with E-state index in [0.29, 0.717) is 13.1 Å². The van der Waals surface area contributed by atoms with E-state index in [0.717, 1.165) is 12.0 Å². The highest BCUT2D eigenvalue weighted by Gasteiger charge is 2.32. The van der Waals surface area contributed by atoms with Crippen LogP contribution in [-0.4, -0.2) is 16.9 Å². The van der Waals surface area contributed by atoms with Crippen LogP contribution in [0.5, 0.6) is 0 Å². The second-order valence-electron chi connectivity index (χ2n) is 7.92. The van der Waals surface area contributed by atoms with E-state index in [1.54, 1.807) is 0 Å². The Bertz CT molecular complexity index is 884. The molecule has 3 nitrogen and oxygen atoms in total. The van der Waals surface area contributed by atoms with Gasteiger partial charge in [0.05, 0.1) is 0 Å². The largest absolute Gasteiger partial charge is 0.460 e. The second kappa shape index (κ2) is 11.9. The van der Waals surface area contributed by atoms with Gasteiger partial charge in [0.15, 0.2) is 0 Å². The Morgan fingerprint density at radius 2 is 1.29 bits per heavy atom. The first kappa shape index (κ1) is 22.5. The zero-order valence-corrected chi connectivity index (χ0v) is 18.2. The number of carbonyl (C=O) groups is 1. The number of allylic oxidation sites excluding steroid dienone is 1. The summed E-state index contributed by atoms with van der Waals surface area (Å²) in [6.07, 6.45) is 2.62. The van der Waals surface area contributed by atoms with Gasteiger partial charge in [0.25, 0.3) is 0 Å². The van der Waals surface area contributed by atoms with E-state index in [1.165, 1.54) is 11.1 Å². The summed E-state index contributed by atoms with van der Waals surface area (Å²) in [4.78, 5) is 15.6. The van der Waals surface area contributed by atoms with E-state index in [9.17, 15) is 4.79 Å². The molecule has 0 N–H and O–H groups in total. The molecule has 31 heavy (non-hydrogen) atoms. The third-order valence-corrected chi connectivity index (χ3v) is 5.39. The monoisotopic (exact) mass is 413 g/mol. The fourth-order valence-corrected chi connectivity index (χ4v) is 3.84. The quantitative estimate of drug-likeness (QED) is 0.285. The number of ether oxygens (including phenoxy) is 1. The van der Waals surface area contributed by atoms with Crippen LogP contribution in [0.15, 0.2) is 104 Å². The Kier molecular flexibility index (Phi) is 8.62. The molecule has 0 aliphatic carbocycles. The molecule has 0 saturated heterocycles. The van der Waals surface area contributed by atoms with Gasteiger partial charge in [-0.2, -0.15) is 0 Å². The zero-order chi connectivity index (χ0) is 21.9. The van der Waals surface area contributed by atoms with E-state index in [1.807, 2.05) is 72.8 Å². The van der Waals surface area contributed by atoms with E-state index in [4.69, 9.17) is 4.74 Å². The third kappa shape index (κ3) is 6.94. The van der Waals surface area contributed by atoms with Crippen LogP contribution >= 0.6 is 0 Å². The summed E-state index contributed by atoms with van der Waals surface area (Å²) in [5, 5.41) is 0. The van der Waals surface area contributed by atoms with Crippen LogP contribution in [-0.2, 0) is 29.2 Å². The van der Waals surface area contributed by atoms with Crippen molar-refractivity contribution in [1.82, 2.24) is 4.90 Å². The van der Waals surface area contributed by atoms with Crippen molar-refractivity contribution < 1.29 is 9.53 Å². The fourth-order valence-electron chi connectivity index (χ4n) is 3.84. The number of nitrogens with zero attached hydrogens (tertiary/aromatic N) is 1. The van der Waals surface area contributed by atoms with E-state index < -0.39 is 0 Å². The molecule has 0 aliphatic heterocycles. The van der Waals surface area contributed by atoms with Gasteiger partial charge in [0, 0.05) is 13.1 Å². The maximum absolute atomic E-state index is 13.4. The molecule has 0 heterocycles. The molecular formula is C28H31NO2. The molecule has 0 aliphatic rings. The molecule has 0 saturated carbocycles. The topological polar surface area (TPSA) is 29.5 Å². The molecule has 3 heteroatoms. The number of esters is 1. The highest BCUT2D eigenvalue weighted by atomic mass is 16.5. The molecule has 0 fully saturated rings. The van der Waals surface area contributed by atoms with Crippen LogP contribution in [0.3, 0.4) is 0 Å². The Balaban J connectivity index is 1.85. The van der Waals surface area contributed by atoms with Gasteiger partial charge in [0.2, 0.25) is 0 Å². The molecule has 160 valence electrons. The van der Waals surface area contributed by atoms with Crippen LogP contribution < -0.4 is 0 Å². The van der Waals surface area contributed by atoms with Crippen molar-refractivity contribution in [2.24, 2.45) is 5.92 Å². The van der Waals surface area contributed by atoms with Crippen molar-refractivity contribution in [3.63, 3.8) is 0 Å². The van der Waals surface area contributed by atoms with Gasteiger partial charge in [-0.25, -0.2) is 0 Å². The van der Waals surface area contributed by atoms with Gasteiger partial charge in [0.1, 0.15) is 12.6 Å². The Hall–Kier alpha value is -3.17. The standard InChI is InChI=1S/C28H31NO2/c1-3-13-23(2)27(28(30)31-22-26-18-11-6-12-19-26)29(20-24-14-7-4-8-15-24)21-25-16-9-5-10-17-25/h3-12,14-19,23,27H,1,13,20-22H2,2H3. The molecule has 0 radical (unpaired) electrons. The lowest BCUT2D eigenvalue weighted by molar-refractivity contribution is -0.154. The number of carbonyl (C=O) groups excluding carboxylic acids is 1. The highest BCUT2D eigenvalue weighted by Crippen LogP contribution is 2.23. The minimum Gasteiger partial charge on any atom is -0.460 e. The van der Waals surface area contributed by atoms with Crippen molar-refractivity contribution >= 4 is 5.97 Å². The molecule has 0 bridgehead atoms. The fraction of sp³-hybridized carbons (Fsp3) is 0.250. The number of hydrogen-bond donors (Lipinski definition) is 0. The molecule has 3 aromatic carbocycles. The van der Waals surface area contributed by atoms with E-state index in [-0.39, 0.29) is 24.5 Å². The van der Waals surface area contributed by atoms with Crippen molar-refractivity contribution in [3.8, 4) is 0 Å². The van der Waals surface area contributed by atoms with Gasteiger partial charge < -0.3 is 4.74 Å². The van der Waals surface area contributed by atoms with Crippen molar-refractivity contribution in [2.45, 2.75) is 39.1 Å². The van der Waals surface area contributed by atoms with Gasteiger partial charge >= 0.3 is 5.97 Å². The van der Waals surface area contributed by atoms with Gasteiger partial charge in [-0.15, -0.1) is 6.58 Å². The normalized spacial score (nSPS) is 12.8. The van der Waals surface area contributed by atoms with Crippen molar-refractivity contribution in [2.75, 3.05) is 0 Å². The minimum atomic E-state index is -0.373. The molecule has 0 spiro atoms. The molecule has 3 aromatic rings. The summed E-state index contributed by atoms with van der Waals surface area (Å²) in [5.41, 5.74) is 3.33. The summed E-state index contributed by atoms with van der Waals surface area (Å²) in [6, 6.07) is 30.0. The maximum atomic E-state index is 13.4. The predicted molar refractivity (Wildman–Crippen MR) is 126 cm³/mol. The highest BCUT2D eigenvalue weighted by molar-refractivity contribution is 5.76. The lowest BCUT2D eigenvalue weighted by Gasteiger charge is -2.34. The smallest absolute Gasteiger partial charge is 0.324 e. The van der Waals surface area contributed by atoms with Gasteiger partial charge in [-0.3, -0.25) is 9.69 Å². The molecule has 0 amide bonds. The van der Waals surface area contributed by atoms with Crippen LogP contribution in [0.2, 0.25) is 0 Å². The first-order valence-corrected chi connectivity index (χ1v) is 10.8. The SMILES string of the molecule is C=CCC(C)C(C(=O)OCc1ccccc1)N(Cc1ccccc1)Cc1ccccc1. The summed E-state index contributed by atoms with van der Waals surface area (Å²) in [7, 11) is 0. The Morgan fingerprint density at radius 3 is 1.74 bits per heavy atom. The summed E-state index contributed by atoms with van der Waals surface area (Å²) in [5.74, 6) is -0.113. The minimum absolute atomic E-state index is 0.0770. The first-order valence-electron chi connectivity index (χ1n) is 10.8. The van der Waals surface area contributed by atoms with Crippen molar-refractivity contribution in [1.29, 1.82) is 0 Å². The van der Waals surface area contributed by atoms with Gasteiger partial charge in [-0.1, -0.05) is 104 Å². The van der Waals surface area contributed by atoms with Crippen LogP contribution in [0.4, 0.5) is 0 Å². The number of hydrogen-bond acceptors (Lipinski definition) is 3. The Morgan fingerprint density at radius 1 is 0.839 bits per heavy atom. The predicted octanol–water partition coefficient (Wildman–Crippen LogP) is 6.01. The summed E-state index contributed by atoms with van der Waals surface area (Å²) < 4.78 is 5.80. The second-order valence-corrected chi connectivity index (χ2v) is 7.92. The third-order valence-electron chi connectivity index (χ3n) is 5.39. The van der Waals surface area contributed by atoms with Crippen LogP contribution in [0.25, 0.3) is 0 Å². The van der Waals surface area contributed by atoms with Crippen molar-refractivity contribution in [3.05, 3.63) is 120 Å². The lowest BCUT2D eigenvalue weighted by Crippen LogP contribution is -2.45. The number of rotatable bonds is 11. The summed E-state index contributed by atoms with van der Waals surface area (Å²) >= 11 is 0. The first-order chi connectivity index (χ1) is 15.2. The molecule has 3 rings (SSSR count). The average Bonchev–Trinajstić information content (AvgIpc) is 2.80. The Labute approximate surface area is 186 Å². The summed E-state index contributed by atoms with van der Waals surface area (Å²) in [6.45, 7) is 7.61. The molecule has 2 atom stereocenters. The maximum Gasteiger partial charge on any atom is 0.324 e. The zero-order valence-electron chi connectivity index (χ0n) is 18.2. The molecule has 0 aromatic heterocycles.